The maximum Gasteiger partial charge on any atom is 0.243 e. The van der Waals surface area contributed by atoms with E-state index < -0.39 is 10.0 Å². The number of nitrogens with zero attached hydrogens (tertiary/aromatic N) is 3. The lowest BCUT2D eigenvalue weighted by molar-refractivity contribution is -0.126. The Balaban J connectivity index is 1.12. The Morgan fingerprint density at radius 3 is 2.29 bits per heavy atom. The predicted octanol–water partition coefficient (Wildman–Crippen LogP) is 3.80. The molecule has 0 saturated carbocycles. The molecule has 1 fully saturated rings. The number of aromatic nitrogens is 2. The van der Waals surface area contributed by atoms with Crippen molar-refractivity contribution in [3.63, 3.8) is 0 Å². The third-order valence-electron chi connectivity index (χ3n) is 6.58. The third-order valence-corrected chi connectivity index (χ3v) is 8.49. The SMILES string of the molecule is O=C(NCc1ccc(Cn2cnc3ccccc32)cc1)C1CCN(S(=O)(=O)c2ccccc2)CC1. The van der Waals surface area contributed by atoms with Gasteiger partial charge in [-0.2, -0.15) is 4.31 Å². The van der Waals surface area contributed by atoms with Gasteiger partial charge in [0, 0.05) is 32.1 Å². The molecular weight excluding hydrogens is 460 g/mol. The Labute approximate surface area is 205 Å². The van der Waals surface area contributed by atoms with Gasteiger partial charge in [-0.3, -0.25) is 4.79 Å². The van der Waals surface area contributed by atoms with E-state index in [4.69, 9.17) is 0 Å². The van der Waals surface area contributed by atoms with Crippen molar-refractivity contribution < 1.29 is 13.2 Å². The molecule has 1 amide bonds. The summed E-state index contributed by atoms with van der Waals surface area (Å²) in [6.45, 7) is 1.90. The quantitative estimate of drug-likeness (QED) is 0.429. The number of para-hydroxylation sites is 2. The number of nitrogens with one attached hydrogen (secondary N) is 1. The summed E-state index contributed by atoms with van der Waals surface area (Å²) >= 11 is 0. The molecular formula is C27H28N4O3S. The molecule has 1 aliphatic rings. The van der Waals surface area contributed by atoms with Crippen LogP contribution in [0.1, 0.15) is 24.0 Å². The van der Waals surface area contributed by atoms with E-state index in [1.807, 2.05) is 36.7 Å². The second-order valence-electron chi connectivity index (χ2n) is 8.89. The Hall–Kier alpha value is -3.49. The number of amides is 1. The Bertz CT molecular complexity index is 1410. The van der Waals surface area contributed by atoms with Crippen LogP contribution in [0.25, 0.3) is 11.0 Å². The normalized spacial score (nSPS) is 15.3. The fraction of sp³-hybridized carbons (Fsp3) is 0.259. The Morgan fingerprint density at radius 1 is 0.886 bits per heavy atom. The van der Waals surface area contributed by atoms with Crippen LogP contribution in [0, 0.1) is 5.92 Å². The van der Waals surface area contributed by atoms with E-state index in [0.29, 0.717) is 37.4 Å². The maximum atomic E-state index is 12.8. The highest BCUT2D eigenvalue weighted by molar-refractivity contribution is 7.89. The molecule has 5 rings (SSSR count). The number of imidazole rings is 1. The molecule has 1 saturated heterocycles. The lowest BCUT2D eigenvalue weighted by atomic mass is 9.97. The van der Waals surface area contributed by atoms with E-state index in [9.17, 15) is 13.2 Å². The van der Waals surface area contributed by atoms with Crippen molar-refractivity contribution in [2.24, 2.45) is 5.92 Å². The van der Waals surface area contributed by atoms with Crippen LogP contribution in [0.15, 0.2) is 90.1 Å². The van der Waals surface area contributed by atoms with Gasteiger partial charge in [-0.05, 0) is 48.2 Å². The van der Waals surface area contributed by atoms with E-state index in [1.165, 1.54) is 4.31 Å². The van der Waals surface area contributed by atoms with Crippen molar-refractivity contribution in [2.75, 3.05) is 13.1 Å². The molecule has 180 valence electrons. The average molecular weight is 489 g/mol. The molecule has 0 spiro atoms. The molecule has 0 radical (unpaired) electrons. The molecule has 4 aromatic rings. The first-order valence-electron chi connectivity index (χ1n) is 11.8. The fourth-order valence-electron chi connectivity index (χ4n) is 4.53. The van der Waals surface area contributed by atoms with Gasteiger partial charge in [0.15, 0.2) is 0 Å². The van der Waals surface area contributed by atoms with Crippen LogP contribution in [-0.2, 0) is 27.9 Å². The minimum absolute atomic E-state index is 0.0179. The summed E-state index contributed by atoms with van der Waals surface area (Å²) in [5, 5.41) is 3.02. The number of carbonyl (C=O) groups is 1. The topological polar surface area (TPSA) is 84.3 Å². The molecule has 35 heavy (non-hydrogen) atoms. The summed E-state index contributed by atoms with van der Waals surface area (Å²) in [6, 6.07) is 24.7. The van der Waals surface area contributed by atoms with Crippen molar-refractivity contribution in [2.45, 2.75) is 30.8 Å². The first kappa shape index (κ1) is 23.3. The number of fused-ring (bicyclic) bond motifs is 1. The van der Waals surface area contributed by atoms with Crippen molar-refractivity contribution in [1.82, 2.24) is 19.2 Å². The first-order valence-corrected chi connectivity index (χ1v) is 13.3. The predicted molar refractivity (Wildman–Crippen MR) is 135 cm³/mol. The summed E-state index contributed by atoms with van der Waals surface area (Å²) in [4.78, 5) is 17.4. The number of hydrogen-bond donors (Lipinski definition) is 1. The largest absolute Gasteiger partial charge is 0.352 e. The Morgan fingerprint density at radius 2 is 1.54 bits per heavy atom. The van der Waals surface area contributed by atoms with Gasteiger partial charge in [0.2, 0.25) is 15.9 Å². The zero-order chi connectivity index (χ0) is 24.3. The maximum absolute atomic E-state index is 12.8. The molecule has 8 heteroatoms. The van der Waals surface area contributed by atoms with Crippen LogP contribution in [0.2, 0.25) is 0 Å². The van der Waals surface area contributed by atoms with Gasteiger partial charge in [-0.25, -0.2) is 13.4 Å². The van der Waals surface area contributed by atoms with Gasteiger partial charge in [0.05, 0.1) is 22.3 Å². The molecule has 3 aromatic carbocycles. The highest BCUT2D eigenvalue weighted by atomic mass is 32.2. The minimum atomic E-state index is -3.51. The monoisotopic (exact) mass is 488 g/mol. The molecule has 0 bridgehead atoms. The van der Waals surface area contributed by atoms with Crippen LogP contribution in [0.4, 0.5) is 0 Å². The molecule has 0 unspecified atom stereocenters. The van der Waals surface area contributed by atoms with E-state index in [1.54, 1.807) is 30.3 Å². The number of benzene rings is 3. The molecule has 1 N–H and O–H groups in total. The second-order valence-corrected chi connectivity index (χ2v) is 10.8. The lowest BCUT2D eigenvalue weighted by Gasteiger charge is -2.30. The summed E-state index contributed by atoms with van der Waals surface area (Å²) < 4.78 is 29.2. The second kappa shape index (κ2) is 10.0. The fourth-order valence-corrected chi connectivity index (χ4v) is 6.02. The van der Waals surface area contributed by atoms with Gasteiger partial charge in [0.1, 0.15) is 0 Å². The van der Waals surface area contributed by atoms with Crippen LogP contribution < -0.4 is 5.32 Å². The highest BCUT2D eigenvalue weighted by Gasteiger charge is 2.31. The highest BCUT2D eigenvalue weighted by Crippen LogP contribution is 2.24. The number of carbonyl (C=O) groups excluding carboxylic acids is 1. The first-order chi connectivity index (χ1) is 17.0. The standard InChI is InChI=1S/C27H28N4O3S/c32-27(23-14-16-31(17-15-23)35(33,34)24-6-2-1-3-7-24)28-18-21-10-12-22(13-11-21)19-30-20-29-25-8-4-5-9-26(25)30/h1-13,20,23H,14-19H2,(H,28,32). The van der Waals surface area contributed by atoms with E-state index in [2.05, 4.69) is 33.1 Å². The van der Waals surface area contributed by atoms with Gasteiger partial charge in [-0.1, -0.05) is 54.6 Å². The van der Waals surface area contributed by atoms with Crippen molar-refractivity contribution >= 4 is 27.0 Å². The summed E-state index contributed by atoms with van der Waals surface area (Å²) in [5.41, 5.74) is 4.28. The van der Waals surface area contributed by atoms with Gasteiger partial charge >= 0.3 is 0 Å². The van der Waals surface area contributed by atoms with E-state index in [-0.39, 0.29) is 11.8 Å². The molecule has 7 nitrogen and oxygen atoms in total. The summed E-state index contributed by atoms with van der Waals surface area (Å²) in [7, 11) is -3.51. The number of piperidine rings is 1. The van der Waals surface area contributed by atoms with Crippen LogP contribution in [0.3, 0.4) is 0 Å². The van der Waals surface area contributed by atoms with Gasteiger partial charge < -0.3 is 9.88 Å². The van der Waals surface area contributed by atoms with Gasteiger partial charge in [-0.15, -0.1) is 0 Å². The molecule has 0 aliphatic carbocycles. The molecule has 1 aromatic heterocycles. The number of rotatable bonds is 7. The zero-order valence-corrected chi connectivity index (χ0v) is 20.2. The van der Waals surface area contributed by atoms with Gasteiger partial charge in [0.25, 0.3) is 0 Å². The number of hydrogen-bond acceptors (Lipinski definition) is 4. The van der Waals surface area contributed by atoms with Crippen LogP contribution in [0.5, 0.6) is 0 Å². The zero-order valence-electron chi connectivity index (χ0n) is 19.4. The summed E-state index contributed by atoms with van der Waals surface area (Å²) in [5.74, 6) is -0.193. The molecule has 0 atom stereocenters. The minimum Gasteiger partial charge on any atom is -0.352 e. The van der Waals surface area contributed by atoms with Crippen molar-refractivity contribution in [3.8, 4) is 0 Å². The van der Waals surface area contributed by atoms with Crippen LogP contribution >= 0.6 is 0 Å². The van der Waals surface area contributed by atoms with E-state index >= 15 is 0 Å². The molecule has 2 heterocycles. The lowest BCUT2D eigenvalue weighted by Crippen LogP contribution is -2.42. The Kier molecular flexibility index (Phi) is 6.66. The van der Waals surface area contributed by atoms with Crippen LogP contribution in [-0.4, -0.2) is 41.3 Å². The average Bonchev–Trinajstić information content (AvgIpc) is 3.31. The third kappa shape index (κ3) is 5.13. The number of sulfonamides is 1. The van der Waals surface area contributed by atoms with Crippen molar-refractivity contribution in [1.29, 1.82) is 0 Å². The summed E-state index contributed by atoms with van der Waals surface area (Å²) in [6.07, 6.45) is 2.90. The smallest absolute Gasteiger partial charge is 0.243 e. The van der Waals surface area contributed by atoms with Crippen molar-refractivity contribution in [3.05, 3.63) is 96.3 Å². The molecule has 1 aliphatic heterocycles. The van der Waals surface area contributed by atoms with E-state index in [0.717, 1.165) is 28.7 Å².